The molecule has 2 heterocycles. The molecule has 1 aliphatic rings. The summed E-state index contributed by atoms with van der Waals surface area (Å²) in [5.41, 5.74) is -0.708. The van der Waals surface area contributed by atoms with E-state index in [1.54, 1.807) is 11.0 Å². The molecule has 0 bridgehead atoms. The van der Waals surface area contributed by atoms with Crippen molar-refractivity contribution in [3.05, 3.63) is 74.7 Å². The van der Waals surface area contributed by atoms with Crippen LogP contribution in [0.1, 0.15) is 29.2 Å². The van der Waals surface area contributed by atoms with Gasteiger partial charge in [0.05, 0.1) is 4.92 Å². The van der Waals surface area contributed by atoms with Gasteiger partial charge in [-0.15, -0.1) is 0 Å². The first-order valence-electron chi connectivity index (χ1n) is 8.23. The maximum absolute atomic E-state index is 13.0. The molecular weight excluding hydrogens is 338 g/mol. The molecule has 8 nitrogen and oxygen atoms in total. The number of Topliss-reactive ketones (excluding diaryl/α,β-unsaturated/α-hetero) is 1. The molecule has 0 saturated carbocycles. The number of hydrogen-bond acceptors (Lipinski definition) is 5. The van der Waals surface area contributed by atoms with E-state index in [0.29, 0.717) is 13.1 Å². The third-order valence-corrected chi connectivity index (χ3v) is 4.37. The van der Waals surface area contributed by atoms with Gasteiger partial charge in [-0.2, -0.15) is 0 Å². The molecule has 1 aromatic carbocycles. The number of nitro groups is 1. The number of pyridine rings is 1. The van der Waals surface area contributed by atoms with E-state index in [0.717, 1.165) is 23.5 Å². The Morgan fingerprint density at radius 1 is 1.08 bits per heavy atom. The van der Waals surface area contributed by atoms with Crippen molar-refractivity contribution in [3.8, 4) is 0 Å². The fourth-order valence-corrected chi connectivity index (χ4v) is 3.05. The topological polar surface area (TPSA) is 103 Å². The summed E-state index contributed by atoms with van der Waals surface area (Å²) in [6, 6.07) is 8.17. The van der Waals surface area contributed by atoms with Crippen molar-refractivity contribution >= 4 is 17.4 Å². The van der Waals surface area contributed by atoms with Gasteiger partial charge < -0.3 is 4.90 Å². The standard InChI is InChI=1S/C18H17N3O5/c22-15-8-1-2-11-20(15)16(18(24)19-9-3-4-10-19)17(23)13-6-5-7-14(12-13)21(25)26/h1-2,5-8,11-12,16H,3-4,9-10H2/t16-/m1/s1. The lowest BCUT2D eigenvalue weighted by Crippen LogP contribution is -2.42. The Bertz CT molecular complexity index is 915. The largest absolute Gasteiger partial charge is 0.340 e. The van der Waals surface area contributed by atoms with Crippen LogP contribution in [0, 0.1) is 10.1 Å². The Hall–Kier alpha value is -3.29. The summed E-state index contributed by atoms with van der Waals surface area (Å²) in [6.45, 7) is 1.05. The minimum atomic E-state index is -1.37. The van der Waals surface area contributed by atoms with E-state index in [4.69, 9.17) is 0 Å². The zero-order valence-electron chi connectivity index (χ0n) is 13.9. The van der Waals surface area contributed by atoms with Crippen LogP contribution in [0.2, 0.25) is 0 Å². The zero-order valence-corrected chi connectivity index (χ0v) is 13.9. The summed E-state index contributed by atoms with van der Waals surface area (Å²) >= 11 is 0. The predicted octanol–water partition coefficient (Wildman–Crippen LogP) is 1.80. The maximum Gasteiger partial charge on any atom is 0.270 e. The molecule has 1 amide bonds. The first-order chi connectivity index (χ1) is 12.5. The summed E-state index contributed by atoms with van der Waals surface area (Å²) < 4.78 is 1.09. The number of nitrogens with zero attached hydrogens (tertiary/aromatic N) is 3. The van der Waals surface area contributed by atoms with Crippen LogP contribution in [0.25, 0.3) is 0 Å². The number of amides is 1. The smallest absolute Gasteiger partial charge is 0.270 e. The summed E-state index contributed by atoms with van der Waals surface area (Å²) in [4.78, 5) is 50.1. The van der Waals surface area contributed by atoms with E-state index in [-0.39, 0.29) is 11.3 Å². The second-order valence-corrected chi connectivity index (χ2v) is 6.05. The number of ketones is 1. The van der Waals surface area contributed by atoms with Crippen molar-refractivity contribution in [1.29, 1.82) is 0 Å². The molecule has 1 atom stereocenters. The van der Waals surface area contributed by atoms with E-state index in [1.165, 1.54) is 36.5 Å². The van der Waals surface area contributed by atoms with Crippen LogP contribution >= 0.6 is 0 Å². The molecule has 2 aromatic rings. The first-order valence-corrected chi connectivity index (χ1v) is 8.23. The summed E-state index contributed by atoms with van der Waals surface area (Å²) in [5.74, 6) is -1.11. The van der Waals surface area contributed by atoms with Gasteiger partial charge in [0.1, 0.15) is 0 Å². The fourth-order valence-electron chi connectivity index (χ4n) is 3.05. The highest BCUT2D eigenvalue weighted by Crippen LogP contribution is 2.22. The lowest BCUT2D eigenvalue weighted by molar-refractivity contribution is -0.384. The zero-order chi connectivity index (χ0) is 18.7. The number of likely N-dealkylation sites (tertiary alicyclic amines) is 1. The highest BCUT2D eigenvalue weighted by atomic mass is 16.6. The molecule has 8 heteroatoms. The lowest BCUT2D eigenvalue weighted by atomic mass is 10.0. The Morgan fingerprint density at radius 3 is 2.46 bits per heavy atom. The highest BCUT2D eigenvalue weighted by Gasteiger charge is 2.35. The van der Waals surface area contributed by atoms with Crippen LogP contribution in [0.5, 0.6) is 0 Å². The van der Waals surface area contributed by atoms with Crippen LogP contribution < -0.4 is 5.56 Å². The number of rotatable bonds is 5. The highest BCUT2D eigenvalue weighted by molar-refractivity contribution is 6.12. The normalized spacial score (nSPS) is 14.8. The van der Waals surface area contributed by atoms with Crippen LogP contribution in [-0.4, -0.2) is 39.2 Å². The van der Waals surface area contributed by atoms with Crippen LogP contribution in [0.4, 0.5) is 5.69 Å². The van der Waals surface area contributed by atoms with E-state index >= 15 is 0 Å². The van der Waals surface area contributed by atoms with Gasteiger partial charge in [0, 0.05) is 43.0 Å². The Kier molecular flexibility index (Phi) is 4.92. The molecule has 134 valence electrons. The third-order valence-electron chi connectivity index (χ3n) is 4.37. The molecule has 26 heavy (non-hydrogen) atoms. The molecule has 1 saturated heterocycles. The lowest BCUT2D eigenvalue weighted by Gasteiger charge is -2.23. The van der Waals surface area contributed by atoms with Gasteiger partial charge in [0.2, 0.25) is 0 Å². The predicted molar refractivity (Wildman–Crippen MR) is 93.0 cm³/mol. The first kappa shape index (κ1) is 17.5. The molecule has 0 aliphatic carbocycles. The van der Waals surface area contributed by atoms with Gasteiger partial charge in [-0.05, 0) is 18.9 Å². The number of nitro benzene ring substituents is 1. The van der Waals surface area contributed by atoms with Crippen molar-refractivity contribution in [2.45, 2.75) is 18.9 Å². The van der Waals surface area contributed by atoms with Gasteiger partial charge in [-0.25, -0.2) is 0 Å². The quantitative estimate of drug-likeness (QED) is 0.352. The van der Waals surface area contributed by atoms with Crippen LogP contribution in [0.3, 0.4) is 0 Å². The van der Waals surface area contributed by atoms with Crippen molar-refractivity contribution in [2.24, 2.45) is 0 Å². The minimum Gasteiger partial charge on any atom is -0.340 e. The van der Waals surface area contributed by atoms with Crippen molar-refractivity contribution in [1.82, 2.24) is 9.47 Å². The second kappa shape index (κ2) is 7.30. The molecule has 1 aliphatic heterocycles. The van der Waals surface area contributed by atoms with Gasteiger partial charge >= 0.3 is 0 Å². The van der Waals surface area contributed by atoms with Crippen LogP contribution in [0.15, 0.2) is 53.5 Å². The number of hydrogen-bond donors (Lipinski definition) is 0. The van der Waals surface area contributed by atoms with E-state index in [2.05, 4.69) is 0 Å². The SMILES string of the molecule is O=C(c1cccc([N+](=O)[O-])c1)[C@H](C(=O)N1CCCC1)n1ccccc1=O. The average molecular weight is 355 g/mol. The molecule has 0 spiro atoms. The van der Waals surface area contributed by atoms with Gasteiger partial charge in [-0.1, -0.05) is 18.2 Å². The molecular formula is C18H17N3O5. The number of carbonyl (C=O) groups is 2. The van der Waals surface area contributed by atoms with E-state index < -0.39 is 28.2 Å². The number of carbonyl (C=O) groups excluding carboxylic acids is 2. The third kappa shape index (κ3) is 3.39. The molecule has 1 aromatic heterocycles. The molecule has 3 rings (SSSR count). The summed E-state index contributed by atoms with van der Waals surface area (Å²) in [6.07, 6.45) is 3.07. The summed E-state index contributed by atoms with van der Waals surface area (Å²) in [5, 5.41) is 11.0. The van der Waals surface area contributed by atoms with Crippen LogP contribution in [-0.2, 0) is 4.79 Å². The van der Waals surface area contributed by atoms with Crippen molar-refractivity contribution < 1.29 is 14.5 Å². The van der Waals surface area contributed by atoms with Gasteiger partial charge in [-0.3, -0.25) is 29.1 Å². The molecule has 1 fully saturated rings. The number of aromatic nitrogens is 1. The Labute approximate surface area is 148 Å². The fraction of sp³-hybridized carbons (Fsp3) is 0.278. The van der Waals surface area contributed by atoms with Crippen molar-refractivity contribution in [2.75, 3.05) is 13.1 Å². The van der Waals surface area contributed by atoms with E-state index in [1.807, 2.05) is 0 Å². The summed E-state index contributed by atoms with van der Waals surface area (Å²) in [7, 11) is 0. The van der Waals surface area contributed by atoms with Gasteiger partial charge in [0.15, 0.2) is 11.8 Å². The maximum atomic E-state index is 13.0. The monoisotopic (exact) mass is 355 g/mol. The Balaban J connectivity index is 2.05. The molecule has 0 N–H and O–H groups in total. The van der Waals surface area contributed by atoms with Gasteiger partial charge in [0.25, 0.3) is 17.2 Å². The number of benzene rings is 1. The Morgan fingerprint density at radius 2 is 1.81 bits per heavy atom. The second-order valence-electron chi connectivity index (χ2n) is 6.05. The average Bonchev–Trinajstić information content (AvgIpc) is 3.18. The van der Waals surface area contributed by atoms with E-state index in [9.17, 15) is 24.5 Å². The minimum absolute atomic E-state index is 0.0208. The molecule has 0 unspecified atom stereocenters. The van der Waals surface area contributed by atoms with Crippen molar-refractivity contribution in [3.63, 3.8) is 0 Å². The molecule has 0 radical (unpaired) electrons. The number of non-ortho nitro benzene ring substituents is 1.